The molecule has 4 unspecified atom stereocenters. The molecule has 0 saturated heterocycles. The number of halogens is 4. The molecule has 5 rings (SSSR count). The summed E-state index contributed by atoms with van der Waals surface area (Å²) in [6, 6.07) is 13.1. The zero-order valence-corrected chi connectivity index (χ0v) is 24.7. The average Bonchev–Trinajstić information content (AvgIpc) is 3.01. The molecule has 42 heavy (non-hydrogen) atoms. The fraction of sp³-hybridized carbons (Fsp3) is 0.500. The number of ether oxygens (including phenoxy) is 2. The van der Waals surface area contributed by atoms with Crippen LogP contribution in [0.15, 0.2) is 48.5 Å². The van der Waals surface area contributed by atoms with Crippen molar-refractivity contribution >= 4 is 0 Å². The lowest BCUT2D eigenvalue weighted by Gasteiger charge is -2.42. The topological polar surface area (TPSA) is 18.5 Å². The van der Waals surface area contributed by atoms with Crippen LogP contribution in [0.5, 0.6) is 11.5 Å². The minimum atomic E-state index is -1.29. The highest BCUT2D eigenvalue weighted by atomic mass is 19.2. The smallest absolute Gasteiger partial charge is 0.201 e. The highest BCUT2D eigenvalue weighted by Gasteiger charge is 2.35. The van der Waals surface area contributed by atoms with Gasteiger partial charge in [0.05, 0.1) is 6.61 Å². The van der Waals surface area contributed by atoms with E-state index >= 15 is 0 Å². The van der Waals surface area contributed by atoms with Crippen LogP contribution in [-0.4, -0.2) is 6.61 Å². The highest BCUT2D eigenvalue weighted by molar-refractivity contribution is 5.67. The normalized spacial score (nSPS) is 22.0. The molecule has 0 aliphatic heterocycles. The third-order valence-corrected chi connectivity index (χ3v) is 9.40. The molecule has 0 aromatic heterocycles. The van der Waals surface area contributed by atoms with Gasteiger partial charge in [0, 0.05) is 11.1 Å². The molecule has 2 fully saturated rings. The Hall–Kier alpha value is -3.02. The summed E-state index contributed by atoms with van der Waals surface area (Å²) < 4.78 is 70.1. The van der Waals surface area contributed by atoms with Gasteiger partial charge < -0.3 is 9.47 Å². The van der Waals surface area contributed by atoms with Crippen molar-refractivity contribution in [2.24, 2.45) is 17.8 Å². The molecule has 2 nitrogen and oxygen atoms in total. The minimum Gasteiger partial charge on any atom is -0.490 e. The molecule has 2 aliphatic carbocycles. The first kappa shape index (κ1) is 30.4. The Bertz CT molecular complexity index is 1340. The molecule has 3 aromatic carbocycles. The van der Waals surface area contributed by atoms with Crippen molar-refractivity contribution in [3.8, 4) is 22.6 Å². The Morgan fingerprint density at radius 1 is 0.643 bits per heavy atom. The van der Waals surface area contributed by atoms with E-state index in [0.717, 1.165) is 29.7 Å². The van der Waals surface area contributed by atoms with Crippen LogP contribution in [0.2, 0.25) is 0 Å². The molecule has 0 spiro atoms. The van der Waals surface area contributed by atoms with Crippen LogP contribution in [0.4, 0.5) is 17.6 Å². The number of benzene rings is 3. The van der Waals surface area contributed by atoms with E-state index in [1.165, 1.54) is 81.2 Å². The molecule has 0 bridgehead atoms. The van der Waals surface area contributed by atoms with Crippen molar-refractivity contribution in [2.45, 2.75) is 90.6 Å². The Balaban J connectivity index is 1.19. The van der Waals surface area contributed by atoms with E-state index in [2.05, 4.69) is 19.1 Å². The van der Waals surface area contributed by atoms with Crippen LogP contribution in [0.3, 0.4) is 0 Å². The van der Waals surface area contributed by atoms with Gasteiger partial charge in [0.25, 0.3) is 0 Å². The van der Waals surface area contributed by atoms with E-state index in [0.29, 0.717) is 12.3 Å². The van der Waals surface area contributed by atoms with Crippen LogP contribution in [-0.2, 0) is 6.61 Å². The zero-order chi connectivity index (χ0) is 29.6. The number of hydrogen-bond donors (Lipinski definition) is 0. The van der Waals surface area contributed by atoms with Crippen LogP contribution < -0.4 is 9.47 Å². The first-order valence-electron chi connectivity index (χ1n) is 15.7. The molecule has 2 saturated carbocycles. The van der Waals surface area contributed by atoms with Gasteiger partial charge in [-0.1, -0.05) is 63.8 Å². The Morgan fingerprint density at radius 3 is 1.90 bits per heavy atom. The van der Waals surface area contributed by atoms with E-state index in [1.54, 1.807) is 0 Å². The van der Waals surface area contributed by atoms with Crippen molar-refractivity contribution in [1.82, 2.24) is 0 Å². The molecule has 6 heteroatoms. The van der Waals surface area contributed by atoms with E-state index in [-0.39, 0.29) is 35.8 Å². The average molecular weight is 583 g/mol. The molecule has 0 N–H and O–H groups in total. The van der Waals surface area contributed by atoms with Crippen LogP contribution >= 0.6 is 0 Å². The second-order valence-electron chi connectivity index (χ2n) is 12.2. The van der Waals surface area contributed by atoms with Crippen molar-refractivity contribution in [3.05, 3.63) is 82.9 Å². The van der Waals surface area contributed by atoms with Gasteiger partial charge in [-0.3, -0.25) is 0 Å². The summed E-state index contributed by atoms with van der Waals surface area (Å²) in [4.78, 5) is 0. The third-order valence-electron chi connectivity index (χ3n) is 9.40. The van der Waals surface area contributed by atoms with Crippen LogP contribution in [0.1, 0.15) is 95.1 Å². The number of fused-ring (bicyclic) bond motifs is 1. The van der Waals surface area contributed by atoms with Gasteiger partial charge >= 0.3 is 0 Å². The maximum absolute atomic E-state index is 15.0. The zero-order valence-electron chi connectivity index (χ0n) is 24.7. The van der Waals surface area contributed by atoms with Gasteiger partial charge in [0.15, 0.2) is 23.1 Å². The standard InChI is InChI=1S/C36H42F4O2/c1-3-5-19-41-31-17-15-29(33(37)35(31)39)30-16-18-32(36(40)34(30)38)42-22-24-8-10-25(11-9-24)27-14-13-26-20-23(6-4-2)7-12-28(26)21-27/h8-11,15-18,23,26-28H,3-7,12-14,19-22H2,1-2H3. The Morgan fingerprint density at radius 2 is 1.26 bits per heavy atom. The summed E-state index contributed by atoms with van der Waals surface area (Å²) in [6.45, 7) is 4.55. The van der Waals surface area contributed by atoms with E-state index < -0.39 is 23.3 Å². The molecular weight excluding hydrogens is 540 g/mol. The monoisotopic (exact) mass is 582 g/mol. The quantitative estimate of drug-likeness (QED) is 0.165. The lowest BCUT2D eigenvalue weighted by Crippen LogP contribution is -2.30. The van der Waals surface area contributed by atoms with Crippen molar-refractivity contribution in [3.63, 3.8) is 0 Å². The molecule has 226 valence electrons. The summed E-state index contributed by atoms with van der Waals surface area (Å²) >= 11 is 0. The summed E-state index contributed by atoms with van der Waals surface area (Å²) in [5, 5.41) is 0. The summed E-state index contributed by atoms with van der Waals surface area (Å²) in [6.07, 6.45) is 12.1. The molecule has 3 aromatic rings. The maximum Gasteiger partial charge on any atom is 0.201 e. The number of unbranched alkanes of at least 4 members (excludes halogenated alkanes) is 1. The molecule has 2 aliphatic rings. The van der Waals surface area contributed by atoms with Crippen molar-refractivity contribution in [1.29, 1.82) is 0 Å². The summed E-state index contributed by atoms with van der Waals surface area (Å²) in [5.74, 6) is -2.34. The molecular formula is C36H42F4O2. The van der Waals surface area contributed by atoms with Gasteiger partial charge in [-0.25, -0.2) is 8.78 Å². The third kappa shape index (κ3) is 6.79. The first-order valence-corrected chi connectivity index (χ1v) is 15.7. The molecule has 0 heterocycles. The SMILES string of the molecule is CCCCOc1ccc(-c2ccc(OCc3ccc(C4CCC5CC(CCC)CCC5C4)cc3)c(F)c2F)c(F)c1F. The maximum atomic E-state index is 15.0. The Labute approximate surface area is 247 Å². The first-order chi connectivity index (χ1) is 20.4. The van der Waals surface area contributed by atoms with Gasteiger partial charge in [0.2, 0.25) is 11.6 Å². The Kier molecular flexibility index (Phi) is 10.1. The second kappa shape index (κ2) is 14.0. The number of rotatable bonds is 11. The van der Waals surface area contributed by atoms with Crippen molar-refractivity contribution < 1.29 is 27.0 Å². The van der Waals surface area contributed by atoms with Crippen LogP contribution in [0, 0.1) is 41.0 Å². The lowest BCUT2D eigenvalue weighted by molar-refractivity contribution is 0.114. The predicted molar refractivity (Wildman–Crippen MR) is 159 cm³/mol. The van der Waals surface area contributed by atoms with Gasteiger partial charge in [-0.15, -0.1) is 0 Å². The van der Waals surface area contributed by atoms with Crippen molar-refractivity contribution in [2.75, 3.05) is 6.61 Å². The molecule has 0 amide bonds. The summed E-state index contributed by atoms with van der Waals surface area (Å²) in [5.41, 5.74) is 1.43. The van der Waals surface area contributed by atoms with E-state index in [9.17, 15) is 17.6 Å². The highest BCUT2D eigenvalue weighted by Crippen LogP contribution is 2.48. The van der Waals surface area contributed by atoms with Gasteiger partial charge in [-0.2, -0.15) is 8.78 Å². The fourth-order valence-corrected chi connectivity index (χ4v) is 7.04. The van der Waals surface area contributed by atoms with Crippen LogP contribution in [0.25, 0.3) is 11.1 Å². The van der Waals surface area contributed by atoms with Gasteiger partial charge in [0.1, 0.15) is 6.61 Å². The largest absolute Gasteiger partial charge is 0.490 e. The van der Waals surface area contributed by atoms with E-state index in [4.69, 9.17) is 9.47 Å². The minimum absolute atomic E-state index is 0.0664. The van der Waals surface area contributed by atoms with Gasteiger partial charge in [-0.05, 0) is 97.6 Å². The lowest BCUT2D eigenvalue weighted by atomic mass is 9.63. The van der Waals surface area contributed by atoms with E-state index in [1.807, 2.05) is 19.1 Å². The summed E-state index contributed by atoms with van der Waals surface area (Å²) in [7, 11) is 0. The predicted octanol–water partition coefficient (Wildman–Crippen LogP) is 10.8. The molecule has 0 radical (unpaired) electrons. The second-order valence-corrected chi connectivity index (χ2v) is 12.2. The molecule has 4 atom stereocenters. The number of hydrogen-bond acceptors (Lipinski definition) is 2. The fourth-order valence-electron chi connectivity index (χ4n) is 7.04.